The second-order valence-electron chi connectivity index (χ2n) is 4.18. The van der Waals surface area contributed by atoms with E-state index in [9.17, 15) is 0 Å². The molecule has 0 aliphatic carbocycles. The first-order chi connectivity index (χ1) is 6.90. The van der Waals surface area contributed by atoms with Crippen LogP contribution in [0.1, 0.15) is 5.56 Å². The summed E-state index contributed by atoms with van der Waals surface area (Å²) >= 11 is 12.3. The standard InChI is InChI=1S/C12H16Cl2N.ClH/c1-5-8-15(3,4)12-9(2)6-7-10(13)11(12)14;/h5-7H,1,8H2,2-4H3;1H/q+1;/p-1. The van der Waals surface area contributed by atoms with E-state index in [2.05, 4.69) is 20.7 Å². The van der Waals surface area contributed by atoms with E-state index in [1.807, 2.05) is 25.1 Å². The lowest BCUT2D eigenvalue weighted by Gasteiger charge is -2.30. The molecule has 0 spiro atoms. The number of hydrogen-bond acceptors (Lipinski definition) is 0. The molecule has 0 saturated heterocycles. The Morgan fingerprint density at radius 3 is 2.38 bits per heavy atom. The van der Waals surface area contributed by atoms with Crippen molar-refractivity contribution in [2.24, 2.45) is 0 Å². The van der Waals surface area contributed by atoms with Gasteiger partial charge in [-0.25, -0.2) is 0 Å². The predicted molar refractivity (Wildman–Crippen MR) is 69.9 cm³/mol. The first-order valence-electron chi connectivity index (χ1n) is 4.79. The number of nitrogens with zero attached hydrogens (tertiary/aromatic N) is 1. The minimum atomic E-state index is 0. The topological polar surface area (TPSA) is 0 Å². The third-order valence-electron chi connectivity index (χ3n) is 2.46. The Hall–Kier alpha value is -0.210. The summed E-state index contributed by atoms with van der Waals surface area (Å²) in [5, 5.41) is 1.25. The highest BCUT2D eigenvalue weighted by Gasteiger charge is 2.24. The molecule has 1 rings (SSSR count). The van der Waals surface area contributed by atoms with E-state index < -0.39 is 0 Å². The van der Waals surface area contributed by atoms with Crippen molar-refractivity contribution in [1.82, 2.24) is 4.48 Å². The van der Waals surface area contributed by atoms with Gasteiger partial charge in [0.1, 0.15) is 11.6 Å². The number of halogens is 3. The van der Waals surface area contributed by atoms with E-state index in [1.165, 1.54) is 0 Å². The van der Waals surface area contributed by atoms with Crippen molar-refractivity contribution in [1.29, 1.82) is 0 Å². The minimum Gasteiger partial charge on any atom is -1.00 e. The molecule has 0 saturated carbocycles. The summed E-state index contributed by atoms with van der Waals surface area (Å²) in [6, 6.07) is 3.82. The molecule has 0 unspecified atom stereocenters. The third-order valence-corrected chi connectivity index (χ3v) is 3.26. The van der Waals surface area contributed by atoms with Crippen LogP contribution in [-0.4, -0.2) is 20.6 Å². The largest absolute Gasteiger partial charge is 1.00 e. The molecule has 0 N–H and O–H groups in total. The molecule has 0 aliphatic rings. The molecule has 16 heavy (non-hydrogen) atoms. The highest BCUT2D eigenvalue weighted by molar-refractivity contribution is 6.43. The molecule has 0 aromatic heterocycles. The fraction of sp³-hybridized carbons (Fsp3) is 0.333. The summed E-state index contributed by atoms with van der Waals surface area (Å²) < 4.78 is 0.661. The SMILES string of the molecule is C=CC[N+](C)(C)c1c(C)ccc(Cl)c1Cl.[Cl-]. The van der Waals surface area contributed by atoms with Gasteiger partial charge in [0.2, 0.25) is 0 Å². The monoisotopic (exact) mass is 279 g/mol. The smallest absolute Gasteiger partial charge is 0.155 e. The zero-order chi connectivity index (χ0) is 11.6. The van der Waals surface area contributed by atoms with Gasteiger partial charge in [-0.15, -0.1) is 0 Å². The van der Waals surface area contributed by atoms with Crippen molar-refractivity contribution in [3.05, 3.63) is 40.4 Å². The first kappa shape index (κ1) is 15.8. The zero-order valence-electron chi connectivity index (χ0n) is 9.73. The van der Waals surface area contributed by atoms with E-state index in [4.69, 9.17) is 23.2 Å². The number of quaternary nitrogens is 1. The summed E-state index contributed by atoms with van der Waals surface area (Å²) in [6.07, 6.45) is 1.89. The quantitative estimate of drug-likeness (QED) is 0.574. The lowest BCUT2D eigenvalue weighted by Crippen LogP contribution is -3.00. The van der Waals surface area contributed by atoms with E-state index in [1.54, 1.807) is 0 Å². The number of aryl methyl sites for hydroxylation is 1. The first-order valence-corrected chi connectivity index (χ1v) is 5.55. The molecule has 1 aromatic rings. The normalized spacial score (nSPS) is 10.8. The van der Waals surface area contributed by atoms with Gasteiger partial charge < -0.3 is 12.4 Å². The third kappa shape index (κ3) is 3.14. The lowest BCUT2D eigenvalue weighted by atomic mass is 10.1. The maximum absolute atomic E-state index is 6.24. The summed E-state index contributed by atoms with van der Waals surface area (Å²) in [5.41, 5.74) is 2.21. The molecule has 4 heteroatoms. The maximum Gasteiger partial charge on any atom is 0.155 e. The average molecular weight is 281 g/mol. The molecular formula is C12H16Cl3N. The molecule has 0 fully saturated rings. The zero-order valence-corrected chi connectivity index (χ0v) is 12.0. The number of benzene rings is 1. The van der Waals surface area contributed by atoms with Crippen LogP contribution in [0.2, 0.25) is 10.0 Å². The lowest BCUT2D eigenvalue weighted by molar-refractivity contribution is -0.00000319. The molecule has 0 heterocycles. The Balaban J connectivity index is 0.00000225. The van der Waals surface area contributed by atoms with Gasteiger partial charge in [-0.1, -0.05) is 35.8 Å². The molecule has 0 aliphatic heterocycles. The van der Waals surface area contributed by atoms with Crippen molar-refractivity contribution in [2.75, 3.05) is 20.6 Å². The molecular weight excluding hydrogens is 264 g/mol. The second kappa shape index (κ2) is 5.92. The van der Waals surface area contributed by atoms with Crippen LogP contribution in [0.25, 0.3) is 0 Å². The van der Waals surface area contributed by atoms with Crippen molar-refractivity contribution in [3.8, 4) is 0 Å². The fourth-order valence-electron chi connectivity index (χ4n) is 1.79. The van der Waals surface area contributed by atoms with Gasteiger partial charge in [-0.2, -0.15) is 0 Å². The number of likely N-dealkylation sites (N-methyl/N-ethyl adjacent to an activating group) is 1. The summed E-state index contributed by atoms with van der Waals surface area (Å²) in [4.78, 5) is 0. The molecule has 90 valence electrons. The van der Waals surface area contributed by atoms with Crippen LogP contribution in [0.15, 0.2) is 24.8 Å². The molecule has 0 amide bonds. The predicted octanol–water partition coefficient (Wildman–Crippen LogP) is 1.06. The van der Waals surface area contributed by atoms with Crippen LogP contribution < -0.4 is 16.9 Å². The van der Waals surface area contributed by atoms with E-state index in [0.29, 0.717) is 14.5 Å². The van der Waals surface area contributed by atoms with E-state index >= 15 is 0 Å². The van der Waals surface area contributed by atoms with Crippen LogP contribution in [0.4, 0.5) is 5.69 Å². The van der Waals surface area contributed by atoms with Crippen molar-refractivity contribution >= 4 is 28.9 Å². The summed E-state index contributed by atoms with van der Waals surface area (Å²) in [5.74, 6) is 0. The second-order valence-corrected chi connectivity index (χ2v) is 4.97. The minimum absolute atomic E-state index is 0. The van der Waals surface area contributed by atoms with Crippen LogP contribution in [0.3, 0.4) is 0 Å². The summed E-state index contributed by atoms with van der Waals surface area (Å²) in [7, 11) is 4.18. The number of rotatable bonds is 3. The van der Waals surface area contributed by atoms with Crippen LogP contribution in [0, 0.1) is 6.92 Å². The molecule has 1 nitrogen and oxygen atoms in total. The Morgan fingerprint density at radius 1 is 1.31 bits per heavy atom. The molecule has 0 atom stereocenters. The fourth-order valence-corrected chi connectivity index (χ4v) is 2.39. The van der Waals surface area contributed by atoms with Gasteiger partial charge in [0.15, 0.2) is 5.69 Å². The number of hydrogen-bond donors (Lipinski definition) is 0. The average Bonchev–Trinajstić information content (AvgIpc) is 2.11. The van der Waals surface area contributed by atoms with Crippen molar-refractivity contribution in [2.45, 2.75) is 6.92 Å². The molecule has 0 radical (unpaired) electrons. The Labute approximate surface area is 114 Å². The maximum atomic E-state index is 6.24. The van der Waals surface area contributed by atoms with E-state index in [0.717, 1.165) is 17.8 Å². The van der Waals surface area contributed by atoms with Crippen LogP contribution >= 0.6 is 23.2 Å². The molecule has 1 aromatic carbocycles. The Kier molecular flexibility index (Phi) is 5.85. The molecule has 0 bridgehead atoms. The summed E-state index contributed by atoms with van der Waals surface area (Å²) in [6.45, 7) is 6.62. The van der Waals surface area contributed by atoms with Crippen molar-refractivity contribution < 1.29 is 12.4 Å². The van der Waals surface area contributed by atoms with Gasteiger partial charge >= 0.3 is 0 Å². The highest BCUT2D eigenvalue weighted by Crippen LogP contribution is 2.37. The Bertz CT molecular complexity index is 386. The van der Waals surface area contributed by atoms with Crippen LogP contribution in [0.5, 0.6) is 0 Å². The highest BCUT2D eigenvalue weighted by atomic mass is 35.5. The van der Waals surface area contributed by atoms with Gasteiger partial charge in [0.25, 0.3) is 0 Å². The van der Waals surface area contributed by atoms with Crippen molar-refractivity contribution in [3.63, 3.8) is 0 Å². The van der Waals surface area contributed by atoms with Crippen LogP contribution in [-0.2, 0) is 0 Å². The van der Waals surface area contributed by atoms with Gasteiger partial charge in [0.05, 0.1) is 19.1 Å². The van der Waals surface area contributed by atoms with E-state index in [-0.39, 0.29) is 12.4 Å². The van der Waals surface area contributed by atoms with Gasteiger partial charge in [0, 0.05) is 5.56 Å². The Morgan fingerprint density at radius 2 is 1.88 bits per heavy atom. The van der Waals surface area contributed by atoms with Gasteiger partial charge in [-0.05, 0) is 19.1 Å². The van der Waals surface area contributed by atoms with Gasteiger partial charge in [-0.3, -0.25) is 4.48 Å².